The lowest BCUT2D eigenvalue weighted by Crippen LogP contribution is -2.28. The van der Waals surface area contributed by atoms with Gasteiger partial charge >= 0.3 is 0 Å². The summed E-state index contributed by atoms with van der Waals surface area (Å²) in [5.74, 6) is 2.53. The SMILES string of the molecule is COc1cc(C(C)NC(=O)c2c(C)nc(-c3ccco3)nc2SC)ccc1OCC(C)C. The molecule has 0 saturated heterocycles. The van der Waals surface area contributed by atoms with E-state index in [4.69, 9.17) is 13.9 Å². The minimum Gasteiger partial charge on any atom is -0.493 e. The van der Waals surface area contributed by atoms with Crippen molar-refractivity contribution in [3.8, 4) is 23.1 Å². The fourth-order valence-electron chi connectivity index (χ4n) is 3.15. The molecule has 3 rings (SSSR count). The van der Waals surface area contributed by atoms with Crippen molar-refractivity contribution in [1.82, 2.24) is 15.3 Å². The van der Waals surface area contributed by atoms with Gasteiger partial charge in [0.05, 0.1) is 37.3 Å². The second-order valence-corrected chi connectivity index (χ2v) is 8.60. The van der Waals surface area contributed by atoms with Crippen LogP contribution in [-0.4, -0.2) is 35.8 Å². The number of hydrogen-bond acceptors (Lipinski definition) is 7. The minimum absolute atomic E-state index is 0.232. The molecule has 1 atom stereocenters. The van der Waals surface area contributed by atoms with Crippen molar-refractivity contribution >= 4 is 17.7 Å². The highest BCUT2D eigenvalue weighted by Crippen LogP contribution is 2.31. The number of nitrogens with one attached hydrogen (secondary N) is 1. The molecule has 2 aromatic heterocycles. The van der Waals surface area contributed by atoms with Gasteiger partial charge in [-0.3, -0.25) is 4.79 Å². The average Bonchev–Trinajstić information content (AvgIpc) is 3.31. The third-order valence-electron chi connectivity index (χ3n) is 4.83. The van der Waals surface area contributed by atoms with E-state index in [-0.39, 0.29) is 11.9 Å². The zero-order valence-electron chi connectivity index (χ0n) is 19.3. The summed E-state index contributed by atoms with van der Waals surface area (Å²) < 4.78 is 16.7. The van der Waals surface area contributed by atoms with Crippen LogP contribution in [0.3, 0.4) is 0 Å². The Bertz CT molecular complexity index is 1070. The van der Waals surface area contributed by atoms with Crippen LogP contribution in [0.4, 0.5) is 0 Å². The lowest BCUT2D eigenvalue weighted by Gasteiger charge is -2.19. The second-order valence-electron chi connectivity index (χ2n) is 7.80. The molecular weight excluding hydrogens is 426 g/mol. The molecule has 0 radical (unpaired) electrons. The van der Waals surface area contributed by atoms with Gasteiger partial charge in [-0.2, -0.15) is 0 Å². The van der Waals surface area contributed by atoms with Crippen LogP contribution in [0.1, 0.15) is 48.4 Å². The summed E-state index contributed by atoms with van der Waals surface area (Å²) in [5.41, 5.74) is 1.96. The minimum atomic E-state index is -0.255. The Morgan fingerprint density at radius 3 is 2.59 bits per heavy atom. The molecule has 0 spiro atoms. The number of aromatic nitrogens is 2. The Balaban J connectivity index is 1.81. The van der Waals surface area contributed by atoms with Gasteiger partial charge in [-0.25, -0.2) is 9.97 Å². The summed E-state index contributed by atoms with van der Waals surface area (Å²) in [5, 5.41) is 3.65. The molecular formula is C24H29N3O4S. The van der Waals surface area contributed by atoms with Crippen LogP contribution in [0.5, 0.6) is 11.5 Å². The van der Waals surface area contributed by atoms with Crippen molar-refractivity contribution < 1.29 is 18.7 Å². The summed E-state index contributed by atoms with van der Waals surface area (Å²) in [4.78, 5) is 22.2. The summed E-state index contributed by atoms with van der Waals surface area (Å²) in [6.45, 7) is 8.51. The molecule has 170 valence electrons. The molecule has 0 aliphatic rings. The monoisotopic (exact) mass is 455 g/mol. The van der Waals surface area contributed by atoms with Crippen molar-refractivity contribution in [3.05, 3.63) is 53.4 Å². The zero-order chi connectivity index (χ0) is 23.3. The summed E-state index contributed by atoms with van der Waals surface area (Å²) in [7, 11) is 1.61. The Kier molecular flexibility index (Phi) is 7.80. The first kappa shape index (κ1) is 23.7. The van der Waals surface area contributed by atoms with Gasteiger partial charge in [-0.1, -0.05) is 19.9 Å². The smallest absolute Gasteiger partial charge is 0.256 e. The number of methoxy groups -OCH3 is 1. The lowest BCUT2D eigenvalue weighted by atomic mass is 10.1. The fourth-order valence-corrected chi connectivity index (χ4v) is 3.78. The first-order chi connectivity index (χ1) is 15.3. The molecule has 0 fully saturated rings. The number of carbonyl (C=O) groups is 1. The standard InChI is InChI=1S/C24H29N3O4S/c1-14(2)13-31-18-10-9-17(12-20(18)29-5)15(3)26-23(28)21-16(4)25-22(27-24(21)32-6)19-8-7-11-30-19/h7-12,14-15H,13H2,1-6H3,(H,26,28). The highest BCUT2D eigenvalue weighted by Gasteiger charge is 2.22. The van der Waals surface area contributed by atoms with Gasteiger partial charge in [0.25, 0.3) is 5.91 Å². The van der Waals surface area contributed by atoms with E-state index in [0.29, 0.717) is 51.9 Å². The average molecular weight is 456 g/mol. The Hall–Kier alpha value is -3.00. The molecule has 0 aliphatic heterocycles. The molecule has 2 heterocycles. The van der Waals surface area contributed by atoms with Crippen LogP contribution in [0.25, 0.3) is 11.6 Å². The number of aryl methyl sites for hydroxylation is 1. The molecule has 7 nitrogen and oxygen atoms in total. The van der Waals surface area contributed by atoms with E-state index in [0.717, 1.165) is 5.56 Å². The van der Waals surface area contributed by atoms with E-state index in [2.05, 4.69) is 29.1 Å². The molecule has 8 heteroatoms. The van der Waals surface area contributed by atoms with Crippen LogP contribution in [0.2, 0.25) is 0 Å². The summed E-state index contributed by atoms with van der Waals surface area (Å²) in [6.07, 6.45) is 3.46. The predicted molar refractivity (Wildman–Crippen MR) is 125 cm³/mol. The normalized spacial score (nSPS) is 12.0. The maximum Gasteiger partial charge on any atom is 0.256 e. The molecule has 1 N–H and O–H groups in total. The number of benzene rings is 1. The number of ether oxygens (including phenoxy) is 2. The zero-order valence-corrected chi connectivity index (χ0v) is 20.1. The molecule has 1 unspecified atom stereocenters. The van der Waals surface area contributed by atoms with E-state index >= 15 is 0 Å². The quantitative estimate of drug-likeness (QED) is 0.346. The highest BCUT2D eigenvalue weighted by molar-refractivity contribution is 7.98. The van der Waals surface area contributed by atoms with E-state index in [9.17, 15) is 4.79 Å². The van der Waals surface area contributed by atoms with Gasteiger partial charge in [0.2, 0.25) is 0 Å². The number of carbonyl (C=O) groups excluding carboxylic acids is 1. The van der Waals surface area contributed by atoms with Crippen LogP contribution < -0.4 is 14.8 Å². The Morgan fingerprint density at radius 1 is 1.19 bits per heavy atom. The number of hydrogen-bond donors (Lipinski definition) is 1. The van der Waals surface area contributed by atoms with Crippen LogP contribution >= 0.6 is 11.8 Å². The van der Waals surface area contributed by atoms with Gasteiger partial charge in [0, 0.05) is 0 Å². The largest absolute Gasteiger partial charge is 0.493 e. The highest BCUT2D eigenvalue weighted by atomic mass is 32.2. The number of amides is 1. The summed E-state index contributed by atoms with van der Waals surface area (Å²) >= 11 is 1.40. The number of thioether (sulfide) groups is 1. The van der Waals surface area contributed by atoms with Crippen molar-refractivity contribution in [3.63, 3.8) is 0 Å². The van der Waals surface area contributed by atoms with Gasteiger partial charge in [0.15, 0.2) is 23.1 Å². The number of nitrogens with zero attached hydrogens (tertiary/aromatic N) is 2. The second kappa shape index (κ2) is 10.5. The van der Waals surface area contributed by atoms with E-state index in [1.165, 1.54) is 11.8 Å². The topological polar surface area (TPSA) is 86.5 Å². The molecule has 0 aliphatic carbocycles. The van der Waals surface area contributed by atoms with Crippen molar-refractivity contribution in [1.29, 1.82) is 0 Å². The predicted octanol–water partition coefficient (Wildman–Crippen LogP) is 5.30. The van der Waals surface area contributed by atoms with Gasteiger partial charge in [-0.15, -0.1) is 11.8 Å². The number of furan rings is 1. The first-order valence-electron chi connectivity index (χ1n) is 10.4. The molecule has 32 heavy (non-hydrogen) atoms. The third-order valence-corrected chi connectivity index (χ3v) is 5.51. The molecule has 0 bridgehead atoms. The van der Waals surface area contributed by atoms with Crippen molar-refractivity contribution in [2.45, 2.75) is 38.8 Å². The molecule has 1 aromatic carbocycles. The maximum absolute atomic E-state index is 13.1. The molecule has 1 amide bonds. The fraction of sp³-hybridized carbons (Fsp3) is 0.375. The molecule has 0 saturated carbocycles. The van der Waals surface area contributed by atoms with E-state index in [1.54, 1.807) is 32.4 Å². The van der Waals surface area contributed by atoms with Crippen LogP contribution in [0.15, 0.2) is 46.0 Å². The van der Waals surface area contributed by atoms with Crippen LogP contribution in [0, 0.1) is 12.8 Å². The first-order valence-corrected chi connectivity index (χ1v) is 11.6. The van der Waals surface area contributed by atoms with Crippen molar-refractivity contribution in [2.24, 2.45) is 5.92 Å². The summed E-state index contributed by atoms with van der Waals surface area (Å²) in [6, 6.07) is 9.01. The third kappa shape index (κ3) is 5.43. The Labute approximate surface area is 192 Å². The number of rotatable bonds is 9. The lowest BCUT2D eigenvalue weighted by molar-refractivity contribution is 0.0935. The van der Waals surface area contributed by atoms with Gasteiger partial charge < -0.3 is 19.2 Å². The van der Waals surface area contributed by atoms with Gasteiger partial charge in [-0.05, 0) is 55.9 Å². The van der Waals surface area contributed by atoms with Crippen molar-refractivity contribution in [2.75, 3.05) is 20.0 Å². The Morgan fingerprint density at radius 2 is 1.97 bits per heavy atom. The maximum atomic E-state index is 13.1. The molecule has 3 aromatic rings. The van der Waals surface area contributed by atoms with Gasteiger partial charge in [0.1, 0.15) is 5.03 Å². The van der Waals surface area contributed by atoms with E-state index < -0.39 is 0 Å². The van der Waals surface area contributed by atoms with E-state index in [1.807, 2.05) is 31.4 Å². The van der Waals surface area contributed by atoms with Crippen LogP contribution in [-0.2, 0) is 0 Å².